The Kier molecular flexibility index (Phi) is 6.82. The molecule has 4 aromatic heterocycles. The van der Waals surface area contributed by atoms with Gasteiger partial charge in [-0.25, -0.2) is 9.48 Å². The van der Waals surface area contributed by atoms with E-state index < -0.39 is 16.7 Å². The number of nitrogens with one attached hydrogen (secondary N) is 1. The fourth-order valence-corrected chi connectivity index (χ4v) is 6.93. The van der Waals surface area contributed by atoms with Crippen LogP contribution in [-0.4, -0.2) is 37.0 Å². The number of hydrogen-bond donors (Lipinski definition) is 1. The van der Waals surface area contributed by atoms with E-state index in [1.165, 1.54) is 26.8 Å². The molecule has 0 unspecified atom stereocenters. The fourth-order valence-electron chi connectivity index (χ4n) is 5.57. The Morgan fingerprint density at radius 3 is 2.73 bits per heavy atom. The maximum Gasteiger partial charge on any atom is 0.347 e. The molecular weight excluding hydrogens is 546 g/mol. The lowest BCUT2D eigenvalue weighted by Crippen LogP contribution is -2.41. The monoisotopic (exact) mass is 573 g/mol. The minimum absolute atomic E-state index is 0.132. The first-order valence-electron chi connectivity index (χ1n) is 13.3. The highest BCUT2D eigenvalue weighted by atomic mass is 35.5. The molecule has 0 radical (unpaired) electrons. The van der Waals surface area contributed by atoms with Crippen LogP contribution in [0.15, 0.2) is 58.5 Å². The van der Waals surface area contributed by atoms with Gasteiger partial charge in [0.1, 0.15) is 6.20 Å². The van der Waals surface area contributed by atoms with Gasteiger partial charge in [0.15, 0.2) is 0 Å². The van der Waals surface area contributed by atoms with Gasteiger partial charge >= 0.3 is 5.69 Å². The largest absolute Gasteiger partial charge is 0.347 e. The molecule has 1 saturated heterocycles. The highest BCUT2D eigenvalue weighted by Gasteiger charge is 2.33. The molecule has 204 valence electrons. The van der Waals surface area contributed by atoms with Gasteiger partial charge in [0.25, 0.3) is 5.56 Å². The van der Waals surface area contributed by atoms with Gasteiger partial charge in [-0.2, -0.15) is 10.4 Å². The quantitative estimate of drug-likeness (QED) is 0.312. The summed E-state index contributed by atoms with van der Waals surface area (Å²) >= 11 is 8.11. The first kappa shape index (κ1) is 26.4. The Morgan fingerprint density at radius 2 is 1.98 bits per heavy atom. The second kappa shape index (κ2) is 10.3. The minimum Gasteiger partial charge on any atom is -0.345 e. The molecule has 0 saturated carbocycles. The van der Waals surface area contributed by atoms with Gasteiger partial charge in [0.05, 0.1) is 39.8 Å². The molecule has 1 aromatic carbocycles. The fraction of sp³-hybridized carbons (Fsp3) is 0.345. The van der Waals surface area contributed by atoms with Crippen molar-refractivity contribution < 1.29 is 0 Å². The van der Waals surface area contributed by atoms with Crippen molar-refractivity contribution in [2.75, 3.05) is 13.1 Å². The molecule has 9 nitrogen and oxygen atoms in total. The standard InChI is InChI=1S/C29H28ClN7O2S/c1-18(2)37-28(39)36(25(38)14-34-37)15-21-13-24-27(40-21)22(3-7-33-24)23-12-20(30)11-19-4-10-35(26(19)23)17-29(16-31)5-8-32-9-6-29/h3-4,7,10-14,18,32H,5-6,8-9,15,17H2,1-2H3. The van der Waals surface area contributed by atoms with Gasteiger partial charge < -0.3 is 9.88 Å². The van der Waals surface area contributed by atoms with Crippen molar-refractivity contribution in [3.8, 4) is 17.2 Å². The molecule has 40 heavy (non-hydrogen) atoms. The summed E-state index contributed by atoms with van der Waals surface area (Å²) in [4.78, 5) is 30.9. The molecule has 5 heterocycles. The number of rotatable bonds is 6. The van der Waals surface area contributed by atoms with Crippen molar-refractivity contribution in [2.24, 2.45) is 5.41 Å². The lowest BCUT2D eigenvalue weighted by Gasteiger charge is -2.32. The Bertz CT molecular complexity index is 1900. The number of halogens is 1. The minimum atomic E-state index is -0.439. The maximum atomic E-state index is 13.0. The number of nitrogens with zero attached hydrogens (tertiary/aromatic N) is 6. The van der Waals surface area contributed by atoms with Crippen LogP contribution in [-0.2, 0) is 13.1 Å². The first-order chi connectivity index (χ1) is 19.3. The third-order valence-corrected chi connectivity index (χ3v) is 9.00. The lowest BCUT2D eigenvalue weighted by atomic mass is 9.80. The van der Waals surface area contributed by atoms with E-state index in [1.54, 1.807) is 6.20 Å². The molecule has 1 fully saturated rings. The number of aromatic nitrogens is 5. The van der Waals surface area contributed by atoms with Crippen molar-refractivity contribution in [1.82, 2.24) is 29.2 Å². The third-order valence-electron chi connectivity index (χ3n) is 7.64. The number of fused-ring (bicyclic) bond motifs is 2. The first-order valence-corrected chi connectivity index (χ1v) is 14.4. The molecule has 0 spiro atoms. The van der Waals surface area contributed by atoms with Crippen molar-refractivity contribution >= 4 is 44.1 Å². The number of pyridine rings is 1. The molecule has 0 amide bonds. The topological polar surface area (TPSA) is 111 Å². The average Bonchev–Trinajstić information content (AvgIpc) is 3.54. The summed E-state index contributed by atoms with van der Waals surface area (Å²) in [5, 5.41) is 19.1. The SMILES string of the molecule is CC(C)n1ncc(=O)n(Cc2cc3nccc(-c4cc(Cl)cc5ccn(CC6(C#N)CCNCC6)c45)c3s2)c1=O. The molecule has 6 rings (SSSR count). The summed E-state index contributed by atoms with van der Waals surface area (Å²) in [6.45, 7) is 6.09. The molecule has 11 heteroatoms. The van der Waals surface area contributed by atoms with Gasteiger partial charge in [0.2, 0.25) is 0 Å². The van der Waals surface area contributed by atoms with Crippen LogP contribution >= 0.6 is 22.9 Å². The number of benzene rings is 1. The summed E-state index contributed by atoms with van der Waals surface area (Å²) in [6.07, 6.45) is 6.59. The molecule has 0 bridgehead atoms. The van der Waals surface area contributed by atoms with Gasteiger partial charge in [-0.15, -0.1) is 11.3 Å². The van der Waals surface area contributed by atoms with E-state index in [1.807, 2.05) is 50.4 Å². The summed E-state index contributed by atoms with van der Waals surface area (Å²) in [6, 6.07) is 12.3. The van der Waals surface area contributed by atoms with Crippen LogP contribution in [0.2, 0.25) is 5.02 Å². The smallest absolute Gasteiger partial charge is 0.345 e. The second-order valence-corrected chi connectivity index (χ2v) is 12.2. The lowest BCUT2D eigenvalue weighted by molar-refractivity contribution is 0.247. The van der Waals surface area contributed by atoms with E-state index in [-0.39, 0.29) is 12.6 Å². The van der Waals surface area contributed by atoms with Gasteiger partial charge in [0, 0.05) is 45.4 Å². The molecule has 0 aliphatic carbocycles. The summed E-state index contributed by atoms with van der Waals surface area (Å²) < 4.78 is 5.64. The second-order valence-electron chi connectivity index (χ2n) is 10.7. The van der Waals surface area contributed by atoms with Crippen molar-refractivity contribution in [1.29, 1.82) is 5.26 Å². The van der Waals surface area contributed by atoms with Gasteiger partial charge in [-0.3, -0.25) is 14.3 Å². The highest BCUT2D eigenvalue weighted by molar-refractivity contribution is 7.19. The molecular formula is C29H28ClN7O2S. The van der Waals surface area contributed by atoms with Gasteiger partial charge in [-0.1, -0.05) is 11.6 Å². The summed E-state index contributed by atoms with van der Waals surface area (Å²) in [5.74, 6) is 0. The predicted octanol–water partition coefficient (Wildman–Crippen LogP) is 4.81. The van der Waals surface area contributed by atoms with E-state index in [9.17, 15) is 14.9 Å². The van der Waals surface area contributed by atoms with Crippen LogP contribution in [0.3, 0.4) is 0 Å². The van der Waals surface area contributed by atoms with Crippen LogP contribution in [0, 0.1) is 16.7 Å². The zero-order valence-corrected chi connectivity index (χ0v) is 23.8. The van der Waals surface area contributed by atoms with E-state index in [0.29, 0.717) is 11.6 Å². The zero-order chi connectivity index (χ0) is 28.0. The summed E-state index contributed by atoms with van der Waals surface area (Å²) in [5.41, 5.74) is 2.41. The molecule has 5 aromatic rings. The zero-order valence-electron chi connectivity index (χ0n) is 22.2. The maximum absolute atomic E-state index is 13.0. The van der Waals surface area contributed by atoms with Crippen molar-refractivity contribution in [2.45, 2.75) is 45.8 Å². The number of hydrogen-bond acceptors (Lipinski definition) is 7. The van der Waals surface area contributed by atoms with Crippen molar-refractivity contribution in [3.05, 3.63) is 79.7 Å². The normalized spacial score (nSPS) is 15.2. The Hall–Kier alpha value is -3.78. The Morgan fingerprint density at radius 1 is 1.18 bits per heavy atom. The van der Waals surface area contributed by atoms with E-state index in [4.69, 9.17) is 11.6 Å². The third kappa shape index (κ3) is 4.64. The Labute approximate surface area is 239 Å². The van der Waals surface area contributed by atoms with E-state index in [2.05, 4.69) is 26.0 Å². The Balaban J connectivity index is 1.47. The van der Waals surface area contributed by atoms with Crippen molar-refractivity contribution in [3.63, 3.8) is 0 Å². The van der Waals surface area contributed by atoms with Gasteiger partial charge in [-0.05, 0) is 70.1 Å². The molecule has 0 atom stereocenters. The van der Waals surface area contributed by atoms with Crippen LogP contribution in [0.25, 0.3) is 32.2 Å². The average molecular weight is 574 g/mol. The number of piperidine rings is 1. The van der Waals surface area contributed by atoms with Crippen LogP contribution in [0.1, 0.15) is 37.6 Å². The van der Waals surface area contributed by atoms with E-state index >= 15 is 0 Å². The van der Waals surface area contributed by atoms with Crippen LogP contribution in [0.4, 0.5) is 0 Å². The molecule has 1 aliphatic heterocycles. The number of nitriles is 1. The van der Waals surface area contributed by atoms with E-state index in [0.717, 1.165) is 63.1 Å². The highest BCUT2D eigenvalue weighted by Crippen LogP contribution is 2.40. The predicted molar refractivity (Wildman–Crippen MR) is 158 cm³/mol. The van der Waals surface area contributed by atoms with Crippen LogP contribution < -0.4 is 16.6 Å². The van der Waals surface area contributed by atoms with Crippen LogP contribution in [0.5, 0.6) is 0 Å². The summed E-state index contributed by atoms with van der Waals surface area (Å²) in [7, 11) is 0. The molecule has 1 aliphatic rings. The number of thiophene rings is 1. The molecule has 1 N–H and O–H groups in total.